The molecule has 2 N–H and O–H groups in total. The summed E-state index contributed by atoms with van der Waals surface area (Å²) in [5.41, 5.74) is 2.24. The molecule has 1 atom stereocenters. The van der Waals surface area contributed by atoms with E-state index in [9.17, 15) is 16.8 Å². The largest absolute Gasteiger partial charge is 0.301 e. The van der Waals surface area contributed by atoms with Gasteiger partial charge in [-0.1, -0.05) is 31.2 Å². The molecule has 0 aliphatic rings. The number of benzene rings is 2. The maximum Gasteiger partial charge on any atom is 0.240 e. The van der Waals surface area contributed by atoms with E-state index in [-0.39, 0.29) is 22.4 Å². The van der Waals surface area contributed by atoms with E-state index in [0.717, 1.165) is 12.0 Å². The second kappa shape index (κ2) is 9.15. The normalized spacial score (nSPS) is 13.6. The highest BCUT2D eigenvalue weighted by atomic mass is 32.2. The third-order valence-corrected chi connectivity index (χ3v) is 7.45. The van der Waals surface area contributed by atoms with Gasteiger partial charge in [0.1, 0.15) is 0 Å². The number of hydrogen-bond donors (Lipinski definition) is 2. The minimum Gasteiger partial charge on any atom is -0.301 e. The molecule has 0 aromatic heterocycles. The Morgan fingerprint density at radius 3 is 1.79 bits per heavy atom. The summed E-state index contributed by atoms with van der Waals surface area (Å²) < 4.78 is 53.6. The fourth-order valence-electron chi connectivity index (χ4n) is 2.76. The molecule has 0 fully saturated rings. The van der Waals surface area contributed by atoms with Gasteiger partial charge in [-0.2, -0.15) is 0 Å². The van der Waals surface area contributed by atoms with Crippen LogP contribution in [0.3, 0.4) is 0 Å². The Kier molecular flexibility index (Phi) is 7.35. The van der Waals surface area contributed by atoms with Crippen molar-refractivity contribution < 1.29 is 16.8 Å². The Labute approximate surface area is 167 Å². The van der Waals surface area contributed by atoms with Crippen molar-refractivity contribution in [1.29, 1.82) is 0 Å². The Hall–Kier alpha value is -1.78. The third kappa shape index (κ3) is 5.39. The summed E-state index contributed by atoms with van der Waals surface area (Å²) in [6.07, 6.45) is 0.943. The topological polar surface area (TPSA) is 95.6 Å². The lowest BCUT2D eigenvalue weighted by Gasteiger charge is -2.25. The molecule has 2 aromatic carbocycles. The highest BCUT2D eigenvalue weighted by molar-refractivity contribution is 7.90. The summed E-state index contributed by atoms with van der Waals surface area (Å²) in [5.74, 6) is 0. The summed E-state index contributed by atoms with van der Waals surface area (Å²) in [4.78, 5) is 1.98. The van der Waals surface area contributed by atoms with Crippen LogP contribution in [0, 0.1) is 0 Å². The molecule has 0 amide bonds. The highest BCUT2D eigenvalue weighted by Gasteiger charge is 2.20. The Morgan fingerprint density at radius 2 is 1.36 bits per heavy atom. The van der Waals surface area contributed by atoms with Gasteiger partial charge in [0.2, 0.25) is 20.0 Å². The van der Waals surface area contributed by atoms with Gasteiger partial charge in [-0.25, -0.2) is 26.3 Å². The standard InChI is InChI=1S/C19H27N3O4S2/c1-5-15-6-8-16(9-7-15)19(22(3)4)14-21-28(25,26)18-12-10-17(11-13-18)27(23,24)20-2/h6-13,19-21H,5,14H2,1-4H3. The van der Waals surface area contributed by atoms with Crippen LogP contribution in [-0.4, -0.2) is 49.4 Å². The van der Waals surface area contributed by atoms with E-state index in [1.165, 1.54) is 36.9 Å². The van der Waals surface area contributed by atoms with Crippen molar-refractivity contribution in [3.63, 3.8) is 0 Å². The van der Waals surface area contributed by atoms with Gasteiger partial charge in [-0.15, -0.1) is 0 Å². The summed E-state index contributed by atoms with van der Waals surface area (Å²) in [6.45, 7) is 2.27. The zero-order valence-electron chi connectivity index (χ0n) is 16.5. The van der Waals surface area contributed by atoms with E-state index in [1.54, 1.807) is 0 Å². The van der Waals surface area contributed by atoms with Gasteiger partial charge in [0.25, 0.3) is 0 Å². The monoisotopic (exact) mass is 425 g/mol. The van der Waals surface area contributed by atoms with Crippen LogP contribution < -0.4 is 9.44 Å². The summed E-state index contributed by atoms with van der Waals surface area (Å²) >= 11 is 0. The maximum absolute atomic E-state index is 12.6. The zero-order chi connectivity index (χ0) is 20.9. The molecule has 1 unspecified atom stereocenters. The smallest absolute Gasteiger partial charge is 0.240 e. The van der Waals surface area contributed by atoms with E-state index in [1.807, 2.05) is 43.3 Å². The molecule has 0 aliphatic carbocycles. The SMILES string of the molecule is CCc1ccc(C(CNS(=O)(=O)c2ccc(S(=O)(=O)NC)cc2)N(C)C)cc1. The van der Waals surface area contributed by atoms with E-state index < -0.39 is 20.0 Å². The molecule has 0 heterocycles. The minimum atomic E-state index is -3.77. The Bertz CT molecular complexity index is 984. The van der Waals surface area contributed by atoms with Gasteiger partial charge in [-0.05, 0) is 63.0 Å². The minimum absolute atomic E-state index is 0.0103. The summed E-state index contributed by atoms with van der Waals surface area (Å²) in [7, 11) is -2.29. The van der Waals surface area contributed by atoms with E-state index >= 15 is 0 Å². The van der Waals surface area contributed by atoms with Crippen LogP contribution in [0.4, 0.5) is 0 Å². The van der Waals surface area contributed by atoms with Gasteiger partial charge in [0, 0.05) is 12.6 Å². The van der Waals surface area contributed by atoms with Crippen molar-refractivity contribution in [2.24, 2.45) is 0 Å². The van der Waals surface area contributed by atoms with Crippen LogP contribution in [0.1, 0.15) is 24.1 Å². The van der Waals surface area contributed by atoms with E-state index in [2.05, 4.69) is 16.4 Å². The fraction of sp³-hybridized carbons (Fsp3) is 0.368. The molecule has 9 heteroatoms. The first-order valence-corrected chi connectivity index (χ1v) is 11.9. The van der Waals surface area contributed by atoms with Gasteiger partial charge in [0.05, 0.1) is 9.79 Å². The first-order chi connectivity index (χ1) is 13.1. The molecule has 0 saturated carbocycles. The molecule has 0 aliphatic heterocycles. The van der Waals surface area contributed by atoms with Crippen molar-refractivity contribution in [3.05, 3.63) is 59.7 Å². The zero-order valence-corrected chi connectivity index (χ0v) is 18.1. The van der Waals surface area contributed by atoms with Crippen molar-refractivity contribution in [3.8, 4) is 0 Å². The number of nitrogens with zero attached hydrogens (tertiary/aromatic N) is 1. The van der Waals surface area contributed by atoms with Crippen molar-refractivity contribution in [1.82, 2.24) is 14.3 Å². The predicted molar refractivity (Wildman–Crippen MR) is 110 cm³/mol. The molecular formula is C19H27N3O4S2. The number of nitrogens with one attached hydrogen (secondary N) is 2. The number of aryl methyl sites for hydroxylation is 1. The van der Waals surface area contributed by atoms with Crippen LogP contribution in [0.15, 0.2) is 58.3 Å². The quantitative estimate of drug-likeness (QED) is 0.638. The maximum atomic E-state index is 12.6. The lowest BCUT2D eigenvalue weighted by atomic mass is 10.0. The Morgan fingerprint density at radius 1 is 0.857 bits per heavy atom. The molecule has 0 radical (unpaired) electrons. The molecule has 2 rings (SSSR count). The van der Waals surface area contributed by atoms with Crippen LogP contribution in [0.5, 0.6) is 0 Å². The number of rotatable bonds is 9. The van der Waals surface area contributed by atoms with Crippen LogP contribution in [0.2, 0.25) is 0 Å². The second-order valence-electron chi connectivity index (χ2n) is 6.61. The van der Waals surface area contributed by atoms with Crippen LogP contribution in [0.25, 0.3) is 0 Å². The average Bonchev–Trinajstić information content (AvgIpc) is 2.68. The first-order valence-electron chi connectivity index (χ1n) is 8.89. The molecule has 28 heavy (non-hydrogen) atoms. The number of hydrogen-bond acceptors (Lipinski definition) is 5. The molecule has 2 aromatic rings. The molecular weight excluding hydrogens is 398 g/mol. The lowest BCUT2D eigenvalue weighted by molar-refractivity contribution is 0.299. The van der Waals surface area contributed by atoms with Gasteiger partial charge in [0.15, 0.2) is 0 Å². The summed E-state index contributed by atoms with van der Waals surface area (Å²) in [6, 6.07) is 13.1. The van der Waals surface area contributed by atoms with Gasteiger partial charge >= 0.3 is 0 Å². The summed E-state index contributed by atoms with van der Waals surface area (Å²) in [5, 5.41) is 0. The molecule has 0 spiro atoms. The van der Waals surface area contributed by atoms with Crippen LogP contribution in [-0.2, 0) is 26.5 Å². The van der Waals surface area contributed by atoms with Gasteiger partial charge < -0.3 is 4.90 Å². The predicted octanol–water partition coefficient (Wildman–Crippen LogP) is 1.74. The molecule has 0 bridgehead atoms. The number of likely N-dealkylation sites (N-methyl/N-ethyl adjacent to an activating group) is 1. The third-order valence-electron chi connectivity index (χ3n) is 4.58. The van der Waals surface area contributed by atoms with Crippen molar-refractivity contribution in [2.75, 3.05) is 27.7 Å². The molecule has 7 nitrogen and oxygen atoms in total. The Balaban J connectivity index is 2.17. The molecule has 154 valence electrons. The number of sulfonamides is 2. The van der Waals surface area contributed by atoms with Crippen molar-refractivity contribution >= 4 is 20.0 Å². The van der Waals surface area contributed by atoms with E-state index in [4.69, 9.17) is 0 Å². The highest BCUT2D eigenvalue weighted by Crippen LogP contribution is 2.20. The average molecular weight is 426 g/mol. The van der Waals surface area contributed by atoms with E-state index in [0.29, 0.717) is 0 Å². The van der Waals surface area contributed by atoms with Crippen LogP contribution >= 0.6 is 0 Å². The molecule has 0 saturated heterocycles. The first kappa shape index (κ1) is 22.5. The van der Waals surface area contributed by atoms with Gasteiger partial charge in [-0.3, -0.25) is 0 Å². The fourth-order valence-corrected chi connectivity index (χ4v) is 4.53. The van der Waals surface area contributed by atoms with Crippen molar-refractivity contribution in [2.45, 2.75) is 29.2 Å². The lowest BCUT2D eigenvalue weighted by Crippen LogP contribution is -2.34. The second-order valence-corrected chi connectivity index (χ2v) is 10.3.